The predicted molar refractivity (Wildman–Crippen MR) is 41.3 cm³/mol. The van der Waals surface area contributed by atoms with Crippen molar-refractivity contribution in [2.75, 3.05) is 0 Å². The number of nitrogens with zero attached hydrogens (tertiary/aromatic N) is 6. The van der Waals surface area contributed by atoms with Gasteiger partial charge >= 0.3 is 0 Å². The van der Waals surface area contributed by atoms with Crippen LogP contribution >= 0.6 is 0 Å². The van der Waals surface area contributed by atoms with Crippen LogP contribution in [-0.4, -0.2) is 103 Å². The van der Waals surface area contributed by atoms with Gasteiger partial charge in [0.2, 0.25) is 0 Å². The van der Waals surface area contributed by atoms with Crippen LogP contribution in [0.5, 0.6) is 0 Å². The average molecular weight is 429 g/mol. The summed E-state index contributed by atoms with van der Waals surface area (Å²) in [5.41, 5.74) is 0. The quantitative estimate of drug-likeness (QED) is 0.386. The number of hydrogen-bond acceptors (Lipinski definition) is 6. The van der Waals surface area contributed by atoms with E-state index in [4.69, 9.17) is 71.0 Å². The van der Waals surface area contributed by atoms with E-state index in [1.807, 2.05) is 0 Å². The van der Waals surface area contributed by atoms with Crippen LogP contribution in [-0.2, 0) is 21.1 Å². The van der Waals surface area contributed by atoms with E-state index in [0.29, 0.717) is 0 Å². The summed E-state index contributed by atoms with van der Waals surface area (Å²) in [6.07, 6.45) is 0. The minimum Gasteiger partial charge on any atom is -0.512 e. The van der Waals surface area contributed by atoms with Crippen molar-refractivity contribution in [2.45, 2.75) is 0 Å². The predicted octanol–water partition coefficient (Wildman–Crippen LogP) is -0.186. The molecule has 0 unspecified atom stereocenters. The summed E-state index contributed by atoms with van der Waals surface area (Å²) in [4.78, 5) is 0. The molecule has 2 radical (unpaired) electrons. The molecule has 72 valence electrons. The summed E-state index contributed by atoms with van der Waals surface area (Å²) in [6.45, 7) is 28.5. The Kier molecular flexibility index (Phi) is 17500. The molecule has 0 aromatic heterocycles. The molecule has 9 heteroatoms. The molecule has 15 heavy (non-hydrogen) atoms. The van der Waals surface area contributed by atoms with Crippen molar-refractivity contribution < 1.29 is 21.1 Å². The van der Waals surface area contributed by atoms with E-state index >= 15 is 0 Å². The van der Waals surface area contributed by atoms with E-state index in [9.17, 15) is 0 Å². The Morgan fingerprint density at radius 2 is 0.333 bits per heavy atom. The van der Waals surface area contributed by atoms with Crippen LogP contribution in [0.3, 0.4) is 0 Å². The second-order valence-electron chi connectivity index (χ2n) is 0. The van der Waals surface area contributed by atoms with Crippen LogP contribution in [0.25, 0.3) is 0 Å². The summed E-state index contributed by atoms with van der Waals surface area (Å²) in [5, 5.41) is 37.5. The van der Waals surface area contributed by atoms with Gasteiger partial charge in [0.25, 0.3) is 0 Å². The van der Waals surface area contributed by atoms with E-state index in [1.54, 1.807) is 0 Å². The van der Waals surface area contributed by atoms with Crippen LogP contribution in [0.2, 0.25) is 0 Å². The molecule has 0 heterocycles. The normalized spacial score (nSPS) is 0.800. The molecule has 0 fully saturated rings. The first-order valence-electron chi connectivity index (χ1n) is 1.34. The molecule has 0 atom stereocenters. The Bertz CT molecular complexity index is 101. The maximum absolute atomic E-state index is 6.25. The summed E-state index contributed by atoms with van der Waals surface area (Å²) < 4.78 is 0. The van der Waals surface area contributed by atoms with Crippen LogP contribution < -0.4 is 0 Å². The first-order valence-corrected chi connectivity index (χ1v) is 1.34. The molecular weight excluding hydrogens is 429 g/mol. The molecule has 6 nitrogen and oxygen atoms in total. The molecule has 0 aliphatic heterocycles. The van der Waals surface area contributed by atoms with E-state index < -0.39 is 0 Å². The molecule has 0 aliphatic rings. The molecule has 0 bridgehead atoms. The maximum Gasteiger partial charge on any atom is 0 e. The van der Waals surface area contributed by atoms with Crippen molar-refractivity contribution >= 4 is 103 Å². The van der Waals surface area contributed by atoms with Gasteiger partial charge in [-0.15, -0.1) is 0 Å². The summed E-state index contributed by atoms with van der Waals surface area (Å²) in [7, 11) is 0. The zero-order valence-corrected chi connectivity index (χ0v) is 16.5. The number of rotatable bonds is 0. The third kappa shape index (κ3) is 3050. The molecule has 0 aromatic rings. The van der Waals surface area contributed by atoms with Crippen LogP contribution in [0.15, 0.2) is 0 Å². The Hall–Kier alpha value is 0.901. The van der Waals surface area contributed by atoms with E-state index in [2.05, 4.69) is 0 Å². The third-order valence-electron chi connectivity index (χ3n) is 0. The van der Waals surface area contributed by atoms with Gasteiger partial charge in [0.15, 0.2) is 0 Å². The third-order valence-corrected chi connectivity index (χ3v) is 0. The zero-order valence-electron chi connectivity index (χ0n) is 8.00. The summed E-state index contributed by atoms with van der Waals surface area (Å²) in [5.74, 6) is 0. The molecule has 0 saturated heterocycles. The molecule has 0 rings (SSSR count). The van der Waals surface area contributed by atoms with Crippen LogP contribution in [0.4, 0.5) is 0 Å². The zero-order chi connectivity index (χ0) is 12.0. The van der Waals surface area contributed by atoms with Crippen LogP contribution in [0.1, 0.15) is 0 Å². The molecule has 0 amide bonds. The molecule has 0 saturated carbocycles. The molecular formula is C6K2N6Pt-6. The van der Waals surface area contributed by atoms with Gasteiger partial charge in [0, 0.05) is 124 Å². The topological polar surface area (TPSA) is 143 Å². The summed E-state index contributed by atoms with van der Waals surface area (Å²) in [6, 6.07) is 0. The van der Waals surface area contributed by atoms with E-state index in [1.165, 1.54) is 0 Å². The molecule has 0 spiro atoms. The second-order valence-corrected chi connectivity index (χ2v) is 0. The Morgan fingerprint density at radius 3 is 0.333 bits per heavy atom. The monoisotopic (exact) mass is 429 g/mol. The largest absolute Gasteiger partial charge is 0.512 e. The minimum absolute atomic E-state index is 0. The van der Waals surface area contributed by atoms with E-state index in [-0.39, 0.29) is 124 Å². The fourth-order valence-electron chi connectivity index (χ4n) is 0. The first-order chi connectivity index (χ1) is 6.00. The maximum atomic E-state index is 6.25. The smallest absolute Gasteiger partial charge is 0 e. The molecule has 0 aliphatic carbocycles. The van der Waals surface area contributed by atoms with Gasteiger partial charge < -0.3 is 71.0 Å². The fourth-order valence-corrected chi connectivity index (χ4v) is 0. The Balaban J connectivity index is -0.00000000396. The molecule has 0 aromatic carbocycles. The van der Waals surface area contributed by atoms with Crippen molar-refractivity contribution in [3.8, 4) is 0 Å². The summed E-state index contributed by atoms with van der Waals surface area (Å²) >= 11 is 0. The Labute approximate surface area is 190 Å². The van der Waals surface area contributed by atoms with Crippen molar-refractivity contribution in [3.63, 3.8) is 0 Å². The second kappa shape index (κ2) is 3550. The Morgan fingerprint density at radius 1 is 0.333 bits per heavy atom. The minimum atomic E-state index is 0. The van der Waals surface area contributed by atoms with E-state index in [0.717, 1.165) is 0 Å². The van der Waals surface area contributed by atoms with Gasteiger partial charge in [-0.1, -0.05) is 0 Å². The SMILES string of the molecule is [C-]#N.[C-]#N.[C-]#N.[C-]#N.[C-]#N.[C-]#N.[K].[K].[Pt]. The van der Waals surface area contributed by atoms with Gasteiger partial charge in [-0.25, -0.2) is 0 Å². The van der Waals surface area contributed by atoms with Crippen molar-refractivity contribution in [1.82, 2.24) is 0 Å². The van der Waals surface area contributed by atoms with Gasteiger partial charge in [0.05, 0.1) is 0 Å². The molecule has 0 N–H and O–H groups in total. The first kappa shape index (κ1) is 74.1. The van der Waals surface area contributed by atoms with Gasteiger partial charge in [-0.3, -0.25) is 0 Å². The van der Waals surface area contributed by atoms with Gasteiger partial charge in [-0.05, 0) is 0 Å². The number of hydrogen-bond donors (Lipinski definition) is 0. The standard InChI is InChI=1S/6CN.2K.Pt/c6*1-2;;;/q6*-1;;;. The van der Waals surface area contributed by atoms with Crippen molar-refractivity contribution in [3.05, 3.63) is 39.4 Å². The van der Waals surface area contributed by atoms with Gasteiger partial charge in [0.1, 0.15) is 0 Å². The fraction of sp³-hybridized carbons (Fsp3) is 0. The average Bonchev–Trinajstić information content (AvgIpc) is 2.33. The van der Waals surface area contributed by atoms with Crippen LogP contribution in [0, 0.1) is 71.0 Å². The van der Waals surface area contributed by atoms with Crippen molar-refractivity contribution in [1.29, 1.82) is 31.6 Å². The van der Waals surface area contributed by atoms with Crippen molar-refractivity contribution in [2.24, 2.45) is 0 Å². The van der Waals surface area contributed by atoms with Gasteiger partial charge in [-0.2, -0.15) is 0 Å².